The van der Waals surface area contributed by atoms with Crippen molar-refractivity contribution in [3.05, 3.63) is 34.8 Å². The molecule has 2 aromatic rings. The summed E-state index contributed by atoms with van der Waals surface area (Å²) in [6.07, 6.45) is 1.58. The number of halogens is 1. The number of hydrogen-bond donors (Lipinski definition) is 1. The first-order valence-electron chi connectivity index (χ1n) is 6.07. The van der Waals surface area contributed by atoms with E-state index >= 15 is 0 Å². The molecule has 5 nitrogen and oxygen atoms in total. The normalized spacial score (nSPS) is 10.8. The van der Waals surface area contributed by atoms with Crippen LogP contribution in [0.4, 0.5) is 5.69 Å². The minimum Gasteiger partial charge on any atom is -0.497 e. The topological polar surface area (TPSA) is 52.0 Å². The number of methoxy groups -OCH3 is 1. The van der Waals surface area contributed by atoms with Crippen molar-refractivity contribution in [2.75, 3.05) is 12.4 Å². The first-order chi connectivity index (χ1) is 9.10. The SMILES string of the molecule is COc1cc(Br)cc(NCc2ncnn2C(C)C)c1. The number of hydrogen-bond acceptors (Lipinski definition) is 4. The molecule has 1 N–H and O–H groups in total. The molecular formula is C13H17BrN4O. The van der Waals surface area contributed by atoms with Crippen molar-refractivity contribution in [3.63, 3.8) is 0 Å². The number of benzene rings is 1. The van der Waals surface area contributed by atoms with Crippen molar-refractivity contribution in [2.45, 2.75) is 26.4 Å². The molecule has 0 aliphatic carbocycles. The van der Waals surface area contributed by atoms with Gasteiger partial charge in [-0.25, -0.2) is 9.67 Å². The lowest BCUT2D eigenvalue weighted by molar-refractivity contribution is 0.414. The summed E-state index contributed by atoms with van der Waals surface area (Å²) in [4.78, 5) is 4.26. The van der Waals surface area contributed by atoms with E-state index in [1.54, 1.807) is 13.4 Å². The van der Waals surface area contributed by atoms with Crippen LogP contribution < -0.4 is 10.1 Å². The lowest BCUT2D eigenvalue weighted by Crippen LogP contribution is -2.12. The van der Waals surface area contributed by atoms with Crippen molar-refractivity contribution >= 4 is 21.6 Å². The van der Waals surface area contributed by atoms with Crippen molar-refractivity contribution in [1.82, 2.24) is 14.8 Å². The molecule has 0 unspecified atom stereocenters. The molecule has 2 rings (SSSR count). The molecule has 1 aromatic heterocycles. The van der Waals surface area contributed by atoms with Gasteiger partial charge in [-0.15, -0.1) is 0 Å². The first-order valence-corrected chi connectivity index (χ1v) is 6.86. The molecule has 1 aromatic carbocycles. The molecule has 0 bridgehead atoms. The zero-order valence-electron chi connectivity index (χ0n) is 11.2. The van der Waals surface area contributed by atoms with Crippen LogP contribution in [-0.4, -0.2) is 21.9 Å². The van der Waals surface area contributed by atoms with Gasteiger partial charge in [-0.2, -0.15) is 5.10 Å². The van der Waals surface area contributed by atoms with Gasteiger partial charge in [0, 0.05) is 22.3 Å². The third-order valence-electron chi connectivity index (χ3n) is 2.69. The molecule has 0 spiro atoms. The molecule has 6 heteroatoms. The van der Waals surface area contributed by atoms with E-state index < -0.39 is 0 Å². The third kappa shape index (κ3) is 3.47. The molecule has 0 aliphatic heterocycles. The molecule has 1 heterocycles. The number of aromatic nitrogens is 3. The Labute approximate surface area is 121 Å². The summed E-state index contributed by atoms with van der Waals surface area (Å²) in [6.45, 7) is 4.79. The summed E-state index contributed by atoms with van der Waals surface area (Å²) in [5.41, 5.74) is 0.976. The van der Waals surface area contributed by atoms with Crippen molar-refractivity contribution in [1.29, 1.82) is 0 Å². The van der Waals surface area contributed by atoms with Gasteiger partial charge in [0.05, 0.1) is 13.7 Å². The van der Waals surface area contributed by atoms with Gasteiger partial charge in [0.1, 0.15) is 17.9 Å². The van der Waals surface area contributed by atoms with Gasteiger partial charge in [-0.3, -0.25) is 0 Å². The average Bonchev–Trinajstić information content (AvgIpc) is 2.84. The second-order valence-corrected chi connectivity index (χ2v) is 5.36. The number of nitrogens with zero attached hydrogens (tertiary/aromatic N) is 3. The molecule has 0 aliphatic rings. The molecule has 0 saturated carbocycles. The van der Waals surface area contributed by atoms with Crippen LogP contribution in [0.15, 0.2) is 29.0 Å². The van der Waals surface area contributed by atoms with E-state index in [1.165, 1.54) is 0 Å². The maximum Gasteiger partial charge on any atom is 0.146 e. The minimum absolute atomic E-state index is 0.302. The van der Waals surface area contributed by atoms with Crippen LogP contribution in [0.25, 0.3) is 0 Å². The van der Waals surface area contributed by atoms with Gasteiger partial charge in [-0.1, -0.05) is 15.9 Å². The Bertz CT molecular complexity index is 553. The summed E-state index contributed by atoms with van der Waals surface area (Å²) in [6, 6.07) is 6.16. The predicted octanol–water partition coefficient (Wildman–Crippen LogP) is 3.24. The van der Waals surface area contributed by atoms with E-state index in [2.05, 4.69) is 45.2 Å². The monoisotopic (exact) mass is 324 g/mol. The highest BCUT2D eigenvalue weighted by Crippen LogP contribution is 2.24. The fraction of sp³-hybridized carbons (Fsp3) is 0.385. The van der Waals surface area contributed by atoms with Crippen LogP contribution in [0.2, 0.25) is 0 Å². The summed E-state index contributed by atoms with van der Waals surface area (Å²) in [5.74, 6) is 1.72. The molecule has 19 heavy (non-hydrogen) atoms. The van der Waals surface area contributed by atoms with Crippen LogP contribution in [0.5, 0.6) is 5.75 Å². The molecule has 102 valence electrons. The van der Waals surface area contributed by atoms with E-state index in [4.69, 9.17) is 4.74 Å². The highest BCUT2D eigenvalue weighted by Gasteiger charge is 2.07. The maximum atomic E-state index is 5.23. The minimum atomic E-state index is 0.302. The Hall–Kier alpha value is -1.56. The van der Waals surface area contributed by atoms with Gasteiger partial charge in [0.25, 0.3) is 0 Å². The van der Waals surface area contributed by atoms with Crippen LogP contribution in [0.1, 0.15) is 25.7 Å². The standard InChI is InChI=1S/C13H17BrN4O/c1-9(2)18-13(16-8-17-18)7-15-11-4-10(14)5-12(6-11)19-3/h4-6,8-9,15H,7H2,1-3H3. The second-order valence-electron chi connectivity index (χ2n) is 4.45. The summed E-state index contributed by atoms with van der Waals surface area (Å²) < 4.78 is 8.11. The van der Waals surface area contributed by atoms with Crippen LogP contribution in [0, 0.1) is 0 Å². The lowest BCUT2D eigenvalue weighted by Gasteiger charge is -2.12. The van der Waals surface area contributed by atoms with E-state index in [0.29, 0.717) is 12.6 Å². The first kappa shape index (κ1) is 13.9. The second kappa shape index (κ2) is 6.06. The zero-order chi connectivity index (χ0) is 13.8. The number of anilines is 1. The Balaban J connectivity index is 2.10. The molecular weight excluding hydrogens is 308 g/mol. The number of rotatable bonds is 5. The number of ether oxygens (including phenoxy) is 1. The van der Waals surface area contributed by atoms with Crippen LogP contribution >= 0.6 is 15.9 Å². The maximum absolute atomic E-state index is 5.23. The van der Waals surface area contributed by atoms with E-state index in [9.17, 15) is 0 Å². The zero-order valence-corrected chi connectivity index (χ0v) is 12.8. The van der Waals surface area contributed by atoms with Gasteiger partial charge >= 0.3 is 0 Å². The highest BCUT2D eigenvalue weighted by molar-refractivity contribution is 9.10. The Kier molecular flexibility index (Phi) is 4.42. The summed E-state index contributed by atoms with van der Waals surface area (Å²) in [7, 11) is 1.65. The molecule has 0 fully saturated rings. The van der Waals surface area contributed by atoms with E-state index in [-0.39, 0.29) is 0 Å². The fourth-order valence-electron chi connectivity index (χ4n) is 1.80. The number of nitrogens with one attached hydrogen (secondary N) is 1. The molecule has 0 amide bonds. The summed E-state index contributed by atoms with van der Waals surface area (Å²) in [5, 5.41) is 7.54. The van der Waals surface area contributed by atoms with Crippen LogP contribution in [-0.2, 0) is 6.54 Å². The van der Waals surface area contributed by atoms with Crippen LogP contribution in [0.3, 0.4) is 0 Å². The van der Waals surface area contributed by atoms with Crippen molar-refractivity contribution in [3.8, 4) is 5.75 Å². The van der Waals surface area contributed by atoms with Crippen molar-refractivity contribution in [2.24, 2.45) is 0 Å². The Morgan fingerprint density at radius 1 is 1.37 bits per heavy atom. The summed E-state index contributed by atoms with van der Waals surface area (Å²) >= 11 is 3.46. The largest absolute Gasteiger partial charge is 0.497 e. The van der Waals surface area contributed by atoms with Crippen molar-refractivity contribution < 1.29 is 4.74 Å². The van der Waals surface area contributed by atoms with E-state index in [0.717, 1.165) is 21.7 Å². The van der Waals surface area contributed by atoms with Gasteiger partial charge < -0.3 is 10.1 Å². The average molecular weight is 325 g/mol. The molecule has 0 radical (unpaired) electrons. The molecule has 0 saturated heterocycles. The lowest BCUT2D eigenvalue weighted by atomic mass is 10.3. The molecule has 0 atom stereocenters. The fourth-order valence-corrected chi connectivity index (χ4v) is 2.27. The van der Waals surface area contributed by atoms with E-state index in [1.807, 2.05) is 22.9 Å². The van der Waals surface area contributed by atoms with Gasteiger partial charge in [0.2, 0.25) is 0 Å². The Morgan fingerprint density at radius 2 is 2.16 bits per heavy atom. The quantitative estimate of drug-likeness (QED) is 0.917. The predicted molar refractivity (Wildman–Crippen MR) is 78.4 cm³/mol. The third-order valence-corrected chi connectivity index (χ3v) is 3.15. The smallest absolute Gasteiger partial charge is 0.146 e. The van der Waals surface area contributed by atoms with Gasteiger partial charge in [-0.05, 0) is 26.0 Å². The Morgan fingerprint density at radius 3 is 2.84 bits per heavy atom. The highest BCUT2D eigenvalue weighted by atomic mass is 79.9. The van der Waals surface area contributed by atoms with Gasteiger partial charge in [0.15, 0.2) is 0 Å².